The van der Waals surface area contributed by atoms with Gasteiger partial charge in [0.1, 0.15) is 0 Å². The van der Waals surface area contributed by atoms with Crippen molar-refractivity contribution in [3.63, 3.8) is 0 Å². The number of nitrogens with zero attached hydrogens (tertiary/aromatic N) is 1. The zero-order valence-corrected chi connectivity index (χ0v) is 14.2. The Balaban J connectivity index is 2.21. The molecular formula is C16H26N2O3S. The predicted octanol–water partition coefficient (Wildman–Crippen LogP) is 1.77. The molecule has 0 spiro atoms. The highest BCUT2D eigenvalue weighted by Gasteiger charge is 2.36. The van der Waals surface area contributed by atoms with Crippen LogP contribution in [-0.2, 0) is 21.2 Å². The van der Waals surface area contributed by atoms with Crippen molar-refractivity contribution in [1.82, 2.24) is 4.31 Å². The van der Waals surface area contributed by atoms with Crippen molar-refractivity contribution in [1.29, 1.82) is 0 Å². The molecule has 1 aliphatic rings. The van der Waals surface area contributed by atoms with Gasteiger partial charge < -0.3 is 10.5 Å². The van der Waals surface area contributed by atoms with Gasteiger partial charge in [-0.2, -0.15) is 4.31 Å². The number of hydrogen-bond donors (Lipinski definition) is 1. The second-order valence-electron chi connectivity index (χ2n) is 5.78. The summed E-state index contributed by atoms with van der Waals surface area (Å²) in [5, 5.41) is 0. The Bertz CT molecular complexity index is 572. The molecule has 22 heavy (non-hydrogen) atoms. The number of ether oxygens (including phenoxy) is 1. The number of hydrogen-bond acceptors (Lipinski definition) is 4. The van der Waals surface area contributed by atoms with Crippen LogP contribution in [0.1, 0.15) is 31.7 Å². The van der Waals surface area contributed by atoms with Crippen LogP contribution in [0, 0.1) is 0 Å². The number of piperidine rings is 1. The molecule has 0 aromatic heterocycles. The molecule has 0 radical (unpaired) electrons. The molecule has 124 valence electrons. The molecule has 1 aliphatic heterocycles. The van der Waals surface area contributed by atoms with Crippen LogP contribution in [-0.4, -0.2) is 45.1 Å². The van der Waals surface area contributed by atoms with Gasteiger partial charge in [-0.1, -0.05) is 25.5 Å². The second-order valence-corrected chi connectivity index (χ2v) is 7.67. The molecule has 0 amide bonds. The molecule has 2 N–H and O–H groups in total. The van der Waals surface area contributed by atoms with E-state index >= 15 is 0 Å². The van der Waals surface area contributed by atoms with Crippen LogP contribution in [0.3, 0.4) is 0 Å². The van der Waals surface area contributed by atoms with Crippen molar-refractivity contribution >= 4 is 10.0 Å². The largest absolute Gasteiger partial charge is 0.381 e. The summed E-state index contributed by atoms with van der Waals surface area (Å²) in [5.74, 6) is 0. The predicted molar refractivity (Wildman–Crippen MR) is 87.2 cm³/mol. The van der Waals surface area contributed by atoms with Crippen LogP contribution in [0.25, 0.3) is 0 Å². The first-order valence-corrected chi connectivity index (χ1v) is 9.30. The maximum atomic E-state index is 12.9. The van der Waals surface area contributed by atoms with E-state index in [-0.39, 0.29) is 12.1 Å². The van der Waals surface area contributed by atoms with E-state index < -0.39 is 10.0 Å². The number of methoxy groups -OCH3 is 1. The normalized spacial score (nSPS) is 23.6. The highest BCUT2D eigenvalue weighted by molar-refractivity contribution is 7.89. The van der Waals surface area contributed by atoms with E-state index in [1.807, 2.05) is 12.1 Å². The Morgan fingerprint density at radius 3 is 2.55 bits per heavy atom. The maximum Gasteiger partial charge on any atom is 0.243 e. The second kappa shape index (κ2) is 7.55. The molecule has 1 fully saturated rings. The number of benzene rings is 1. The molecule has 2 unspecified atom stereocenters. The van der Waals surface area contributed by atoms with Gasteiger partial charge in [0.25, 0.3) is 0 Å². The third-order valence-corrected chi connectivity index (χ3v) is 6.25. The molecule has 1 heterocycles. The quantitative estimate of drug-likeness (QED) is 0.864. The smallest absolute Gasteiger partial charge is 0.243 e. The van der Waals surface area contributed by atoms with Gasteiger partial charge in [0, 0.05) is 26.2 Å². The number of rotatable bonds is 6. The third kappa shape index (κ3) is 3.68. The van der Waals surface area contributed by atoms with Crippen LogP contribution in [0.4, 0.5) is 0 Å². The summed E-state index contributed by atoms with van der Waals surface area (Å²) in [6, 6.07) is 7.01. The maximum absolute atomic E-state index is 12.9. The molecule has 1 saturated heterocycles. The van der Waals surface area contributed by atoms with Crippen molar-refractivity contribution in [2.24, 2.45) is 5.73 Å². The van der Waals surface area contributed by atoms with E-state index in [1.165, 1.54) is 4.31 Å². The minimum Gasteiger partial charge on any atom is -0.381 e. The fourth-order valence-electron chi connectivity index (χ4n) is 2.99. The molecule has 2 atom stereocenters. The number of aryl methyl sites for hydroxylation is 1. The summed E-state index contributed by atoms with van der Waals surface area (Å²) in [6.07, 6.45) is 3.46. The first-order chi connectivity index (χ1) is 10.5. The average molecular weight is 326 g/mol. The van der Waals surface area contributed by atoms with Crippen LogP contribution < -0.4 is 5.73 Å². The highest BCUT2D eigenvalue weighted by atomic mass is 32.2. The molecule has 6 heteroatoms. The topological polar surface area (TPSA) is 72.6 Å². The van der Waals surface area contributed by atoms with Crippen molar-refractivity contribution in [2.75, 3.05) is 20.2 Å². The molecule has 2 rings (SSSR count). The zero-order valence-electron chi connectivity index (χ0n) is 13.4. The van der Waals surface area contributed by atoms with E-state index in [1.54, 1.807) is 19.2 Å². The molecule has 1 aromatic carbocycles. The lowest BCUT2D eigenvalue weighted by Gasteiger charge is -2.37. The third-order valence-electron chi connectivity index (χ3n) is 4.29. The van der Waals surface area contributed by atoms with E-state index in [2.05, 4.69) is 6.92 Å². The van der Waals surface area contributed by atoms with Crippen LogP contribution >= 0.6 is 0 Å². The summed E-state index contributed by atoms with van der Waals surface area (Å²) in [7, 11) is -1.83. The van der Waals surface area contributed by atoms with Crippen LogP contribution in [0.2, 0.25) is 0 Å². The Kier molecular flexibility index (Phi) is 5.97. The Morgan fingerprint density at radius 2 is 2.00 bits per heavy atom. The van der Waals surface area contributed by atoms with Crippen molar-refractivity contribution in [2.45, 2.75) is 49.6 Å². The Morgan fingerprint density at radius 1 is 1.32 bits per heavy atom. The van der Waals surface area contributed by atoms with Crippen molar-refractivity contribution in [3.8, 4) is 0 Å². The number of nitrogens with two attached hydrogens (primary N) is 1. The number of sulfonamides is 1. The van der Waals surface area contributed by atoms with Crippen LogP contribution in [0.5, 0.6) is 0 Å². The average Bonchev–Trinajstić information content (AvgIpc) is 2.55. The molecular weight excluding hydrogens is 300 g/mol. The van der Waals surface area contributed by atoms with Crippen LogP contribution in [0.15, 0.2) is 29.2 Å². The van der Waals surface area contributed by atoms with E-state index in [4.69, 9.17) is 10.5 Å². The minimum atomic E-state index is -3.49. The standard InChI is InChI=1S/C16H26N2O3S/c1-3-4-13-5-7-16(8-6-13)22(19,20)18-10-9-15(21-2)11-14(18)12-17/h5-8,14-15H,3-4,9-12,17H2,1-2H3. The van der Waals surface area contributed by atoms with Crippen molar-refractivity contribution < 1.29 is 13.2 Å². The lowest BCUT2D eigenvalue weighted by molar-refractivity contribution is 0.0401. The minimum absolute atomic E-state index is 0.0898. The molecule has 0 bridgehead atoms. The van der Waals surface area contributed by atoms with Gasteiger partial charge in [-0.15, -0.1) is 0 Å². The van der Waals surface area contributed by atoms with E-state index in [0.29, 0.717) is 30.8 Å². The summed E-state index contributed by atoms with van der Waals surface area (Å²) < 4.78 is 32.6. The SMILES string of the molecule is CCCc1ccc(S(=O)(=O)N2CCC(OC)CC2CN)cc1. The monoisotopic (exact) mass is 326 g/mol. The molecule has 1 aromatic rings. The lowest BCUT2D eigenvalue weighted by Crippen LogP contribution is -2.51. The van der Waals surface area contributed by atoms with Gasteiger partial charge in [0.05, 0.1) is 11.0 Å². The van der Waals surface area contributed by atoms with Crippen molar-refractivity contribution in [3.05, 3.63) is 29.8 Å². The zero-order chi connectivity index (χ0) is 16.2. The first-order valence-electron chi connectivity index (χ1n) is 7.86. The lowest BCUT2D eigenvalue weighted by atomic mass is 10.0. The molecule has 5 nitrogen and oxygen atoms in total. The molecule has 0 saturated carbocycles. The summed E-state index contributed by atoms with van der Waals surface area (Å²) >= 11 is 0. The first kappa shape index (κ1) is 17.4. The van der Waals surface area contributed by atoms with Gasteiger partial charge in [0.15, 0.2) is 0 Å². The summed E-state index contributed by atoms with van der Waals surface area (Å²) in [5.41, 5.74) is 6.95. The van der Waals surface area contributed by atoms with E-state index in [9.17, 15) is 8.42 Å². The Hall–Kier alpha value is -0.950. The summed E-state index contributed by atoms with van der Waals surface area (Å²) in [6.45, 7) is 2.88. The summed E-state index contributed by atoms with van der Waals surface area (Å²) in [4.78, 5) is 0.349. The van der Waals surface area contributed by atoms with E-state index in [0.717, 1.165) is 18.4 Å². The van der Waals surface area contributed by atoms with Gasteiger partial charge >= 0.3 is 0 Å². The van der Waals surface area contributed by atoms with Gasteiger partial charge in [0.2, 0.25) is 10.0 Å². The highest BCUT2D eigenvalue weighted by Crippen LogP contribution is 2.26. The van der Waals surface area contributed by atoms with Gasteiger partial charge in [-0.3, -0.25) is 0 Å². The fourth-order valence-corrected chi connectivity index (χ4v) is 4.65. The van der Waals surface area contributed by atoms with Gasteiger partial charge in [-0.05, 0) is 37.0 Å². The molecule has 0 aliphatic carbocycles. The fraction of sp³-hybridized carbons (Fsp3) is 0.625. The van der Waals surface area contributed by atoms with Gasteiger partial charge in [-0.25, -0.2) is 8.42 Å². The Labute approximate surface area is 133 Å².